The topological polar surface area (TPSA) is 12.0 Å². The highest BCUT2D eigenvalue weighted by Crippen LogP contribution is 2.39. The van der Waals surface area contributed by atoms with E-state index in [2.05, 4.69) is 65.1 Å². The summed E-state index contributed by atoms with van der Waals surface area (Å²) in [4.78, 5) is 1.48. The van der Waals surface area contributed by atoms with E-state index in [4.69, 9.17) is 0 Å². The van der Waals surface area contributed by atoms with Gasteiger partial charge in [0, 0.05) is 16.2 Å². The van der Waals surface area contributed by atoms with Crippen molar-refractivity contribution in [2.45, 2.75) is 42.4 Å². The fourth-order valence-corrected chi connectivity index (χ4v) is 5.02. The lowest BCUT2D eigenvalue weighted by Crippen LogP contribution is -2.38. The number of thioether (sulfide) groups is 1. The number of hydrogen-bond acceptors (Lipinski definition) is 3. The lowest BCUT2D eigenvalue weighted by Gasteiger charge is -2.23. The van der Waals surface area contributed by atoms with Gasteiger partial charge < -0.3 is 5.32 Å². The second-order valence-electron chi connectivity index (χ2n) is 5.30. The summed E-state index contributed by atoms with van der Waals surface area (Å²) < 4.78 is 0. The molecule has 0 bridgehead atoms. The summed E-state index contributed by atoms with van der Waals surface area (Å²) in [6.07, 6.45) is 3.63. The van der Waals surface area contributed by atoms with Crippen LogP contribution in [-0.2, 0) is 12.8 Å². The van der Waals surface area contributed by atoms with Gasteiger partial charge in [-0.2, -0.15) is 11.3 Å². The van der Waals surface area contributed by atoms with Crippen molar-refractivity contribution in [3.8, 4) is 0 Å². The molecule has 0 spiro atoms. The molecular weight excluding hydrogens is 282 g/mol. The number of thiophene rings is 1. The van der Waals surface area contributed by atoms with Gasteiger partial charge in [0.1, 0.15) is 0 Å². The fraction of sp³-hybridized carbons (Fsp3) is 0.412. The molecular formula is C17H21NS2. The summed E-state index contributed by atoms with van der Waals surface area (Å²) in [5, 5.41) is 8.85. The number of hydrogen-bond donors (Lipinski definition) is 1. The first-order chi connectivity index (χ1) is 9.86. The van der Waals surface area contributed by atoms with Gasteiger partial charge in [-0.3, -0.25) is 0 Å². The average molecular weight is 303 g/mol. The van der Waals surface area contributed by atoms with Crippen molar-refractivity contribution in [1.29, 1.82) is 0 Å². The molecule has 0 saturated heterocycles. The SMILES string of the molecule is CCNC(CCc1ccsc1)C1Cc2ccccc2S1. The summed E-state index contributed by atoms with van der Waals surface area (Å²) in [6, 6.07) is 11.7. The van der Waals surface area contributed by atoms with Crippen molar-refractivity contribution in [2.75, 3.05) is 6.54 Å². The standard InChI is InChI=1S/C17H21NS2/c1-2-18-15(8-7-13-9-10-19-12-13)17-11-14-5-3-4-6-16(14)20-17/h3-6,9-10,12,15,17-18H,2,7-8,11H2,1H3. The van der Waals surface area contributed by atoms with Gasteiger partial charge in [-0.05, 0) is 59.8 Å². The van der Waals surface area contributed by atoms with Gasteiger partial charge in [-0.15, -0.1) is 11.8 Å². The summed E-state index contributed by atoms with van der Waals surface area (Å²) >= 11 is 3.86. The highest BCUT2D eigenvalue weighted by Gasteiger charge is 2.28. The summed E-state index contributed by atoms with van der Waals surface area (Å²) in [7, 11) is 0. The lowest BCUT2D eigenvalue weighted by atomic mass is 10.00. The fourth-order valence-electron chi connectivity index (χ4n) is 2.87. The molecule has 3 heteroatoms. The molecule has 1 nitrogen and oxygen atoms in total. The second-order valence-corrected chi connectivity index (χ2v) is 7.36. The third kappa shape index (κ3) is 3.27. The van der Waals surface area contributed by atoms with Crippen LogP contribution in [0.2, 0.25) is 0 Å². The van der Waals surface area contributed by atoms with Gasteiger partial charge in [0.05, 0.1) is 0 Å². The summed E-state index contributed by atoms with van der Waals surface area (Å²) in [5.74, 6) is 0. The minimum atomic E-state index is 0.609. The minimum absolute atomic E-state index is 0.609. The highest BCUT2D eigenvalue weighted by atomic mass is 32.2. The second kappa shape index (κ2) is 6.79. The predicted octanol–water partition coefficient (Wildman–Crippen LogP) is 4.38. The molecule has 2 aromatic rings. The van der Waals surface area contributed by atoms with E-state index in [1.807, 2.05) is 0 Å². The lowest BCUT2D eigenvalue weighted by molar-refractivity contribution is 0.478. The molecule has 0 amide bonds. The molecule has 1 aromatic heterocycles. The van der Waals surface area contributed by atoms with Crippen LogP contribution in [0.4, 0.5) is 0 Å². The molecule has 0 aliphatic carbocycles. The minimum Gasteiger partial charge on any atom is -0.313 e. The summed E-state index contributed by atoms with van der Waals surface area (Å²) in [5.41, 5.74) is 3.01. The van der Waals surface area contributed by atoms with Gasteiger partial charge in [0.2, 0.25) is 0 Å². The Morgan fingerprint density at radius 3 is 2.95 bits per heavy atom. The largest absolute Gasteiger partial charge is 0.313 e. The molecule has 20 heavy (non-hydrogen) atoms. The van der Waals surface area contributed by atoms with Crippen molar-refractivity contribution in [3.05, 3.63) is 52.2 Å². The van der Waals surface area contributed by atoms with E-state index in [9.17, 15) is 0 Å². The van der Waals surface area contributed by atoms with Crippen LogP contribution in [0.3, 0.4) is 0 Å². The van der Waals surface area contributed by atoms with Crippen molar-refractivity contribution in [1.82, 2.24) is 5.32 Å². The number of rotatable bonds is 6. The van der Waals surface area contributed by atoms with Crippen molar-refractivity contribution in [2.24, 2.45) is 0 Å². The first-order valence-corrected chi connectivity index (χ1v) is 9.18. The Bertz CT molecular complexity index is 511. The van der Waals surface area contributed by atoms with Crippen LogP contribution in [0, 0.1) is 0 Å². The van der Waals surface area contributed by atoms with Crippen LogP contribution in [-0.4, -0.2) is 17.8 Å². The maximum absolute atomic E-state index is 3.70. The smallest absolute Gasteiger partial charge is 0.0289 e. The Morgan fingerprint density at radius 1 is 1.30 bits per heavy atom. The quantitative estimate of drug-likeness (QED) is 0.850. The van der Waals surface area contributed by atoms with E-state index in [1.165, 1.54) is 35.3 Å². The molecule has 106 valence electrons. The first kappa shape index (κ1) is 14.2. The zero-order valence-electron chi connectivity index (χ0n) is 11.8. The Hall–Kier alpha value is -0.770. The monoisotopic (exact) mass is 303 g/mol. The molecule has 2 unspecified atom stereocenters. The maximum atomic E-state index is 3.70. The van der Waals surface area contributed by atoms with Gasteiger partial charge in [0.15, 0.2) is 0 Å². The number of aryl methyl sites for hydroxylation is 1. The molecule has 0 radical (unpaired) electrons. The molecule has 1 aliphatic rings. The average Bonchev–Trinajstić information content (AvgIpc) is 3.12. The third-order valence-electron chi connectivity index (χ3n) is 3.91. The highest BCUT2D eigenvalue weighted by molar-refractivity contribution is 8.00. The van der Waals surface area contributed by atoms with E-state index in [-0.39, 0.29) is 0 Å². The van der Waals surface area contributed by atoms with E-state index in [0.29, 0.717) is 11.3 Å². The maximum Gasteiger partial charge on any atom is 0.0289 e. The van der Waals surface area contributed by atoms with E-state index in [0.717, 1.165) is 6.54 Å². The number of nitrogens with one attached hydrogen (secondary N) is 1. The summed E-state index contributed by atoms with van der Waals surface area (Å²) in [6.45, 7) is 3.27. The Kier molecular flexibility index (Phi) is 4.81. The third-order valence-corrected chi connectivity index (χ3v) is 6.09. The predicted molar refractivity (Wildman–Crippen MR) is 89.9 cm³/mol. The van der Waals surface area contributed by atoms with Gasteiger partial charge >= 0.3 is 0 Å². The van der Waals surface area contributed by atoms with Crippen molar-refractivity contribution >= 4 is 23.1 Å². The number of benzene rings is 1. The van der Waals surface area contributed by atoms with E-state index in [1.54, 1.807) is 11.3 Å². The van der Waals surface area contributed by atoms with Crippen molar-refractivity contribution < 1.29 is 0 Å². The van der Waals surface area contributed by atoms with Gasteiger partial charge in [-0.1, -0.05) is 25.1 Å². The first-order valence-electron chi connectivity index (χ1n) is 7.36. The Morgan fingerprint density at radius 2 is 2.20 bits per heavy atom. The zero-order valence-corrected chi connectivity index (χ0v) is 13.5. The number of fused-ring (bicyclic) bond motifs is 1. The Balaban J connectivity index is 1.63. The normalized spacial score (nSPS) is 18.9. The zero-order chi connectivity index (χ0) is 13.8. The van der Waals surface area contributed by atoms with Gasteiger partial charge in [-0.25, -0.2) is 0 Å². The van der Waals surface area contributed by atoms with Crippen molar-refractivity contribution in [3.63, 3.8) is 0 Å². The molecule has 1 N–H and O–H groups in total. The molecule has 3 rings (SSSR count). The van der Waals surface area contributed by atoms with Crippen LogP contribution < -0.4 is 5.32 Å². The van der Waals surface area contributed by atoms with E-state index < -0.39 is 0 Å². The molecule has 0 fully saturated rings. The van der Waals surface area contributed by atoms with Crippen LogP contribution in [0.15, 0.2) is 46.0 Å². The van der Waals surface area contributed by atoms with E-state index >= 15 is 0 Å². The molecule has 1 aliphatic heterocycles. The van der Waals surface area contributed by atoms with Gasteiger partial charge in [0.25, 0.3) is 0 Å². The molecule has 2 atom stereocenters. The van der Waals surface area contributed by atoms with Crippen LogP contribution in [0.1, 0.15) is 24.5 Å². The van der Waals surface area contributed by atoms with Crippen LogP contribution >= 0.6 is 23.1 Å². The molecule has 1 aromatic carbocycles. The molecule has 0 saturated carbocycles. The molecule has 2 heterocycles. The van der Waals surface area contributed by atoms with Crippen LogP contribution in [0.5, 0.6) is 0 Å². The van der Waals surface area contributed by atoms with Crippen LogP contribution in [0.25, 0.3) is 0 Å². The Labute approximate surface area is 129 Å².